The Hall–Kier alpha value is -9.78. The second-order valence-corrected chi connectivity index (χ2v) is 20.2. The van der Waals surface area contributed by atoms with Crippen molar-refractivity contribution in [1.29, 1.82) is 0 Å². The highest BCUT2D eigenvalue weighted by Crippen LogP contribution is 2.52. The zero-order valence-corrected chi connectivity index (χ0v) is 40.4. The van der Waals surface area contributed by atoms with E-state index in [1.165, 1.54) is 87.3 Å². The van der Waals surface area contributed by atoms with Crippen molar-refractivity contribution in [3.8, 4) is 0 Å². The summed E-state index contributed by atoms with van der Waals surface area (Å²) in [5.74, 6) is 0. The maximum Gasteiger partial charge on any atom is 0.159 e. The highest BCUT2D eigenvalue weighted by molar-refractivity contribution is 6.31. The van der Waals surface area contributed by atoms with Crippen LogP contribution in [-0.4, -0.2) is 8.80 Å². The lowest BCUT2D eigenvalue weighted by atomic mass is 10.0. The van der Waals surface area contributed by atoms with E-state index in [9.17, 15) is 0 Å². The number of hydrogen-bond acceptors (Lipinski definition) is 4. The fourth-order valence-electron chi connectivity index (χ4n) is 13.0. The first kappa shape index (κ1) is 39.9. The van der Waals surface area contributed by atoms with Gasteiger partial charge in [-0.1, -0.05) is 133 Å². The molecule has 6 heterocycles. The predicted molar refractivity (Wildman–Crippen MR) is 309 cm³/mol. The van der Waals surface area contributed by atoms with Crippen molar-refractivity contribution in [3.63, 3.8) is 0 Å². The van der Waals surface area contributed by atoms with E-state index in [2.05, 4.69) is 239 Å². The zero-order chi connectivity index (χ0) is 48.5. The summed E-state index contributed by atoms with van der Waals surface area (Å²) in [5, 5.41) is 14.2. The molecule has 6 heteroatoms. The maximum atomic E-state index is 6.77. The van der Waals surface area contributed by atoms with Gasteiger partial charge in [0.1, 0.15) is 11.2 Å². The third-order valence-corrected chi connectivity index (χ3v) is 16.0. The quantitative estimate of drug-likeness (QED) is 0.167. The van der Waals surface area contributed by atoms with Crippen molar-refractivity contribution in [2.45, 2.75) is 13.8 Å². The normalized spacial score (nSPS) is 12.5. The number of aromatic nitrogens is 2. The Balaban J connectivity index is 0.923. The van der Waals surface area contributed by atoms with Gasteiger partial charge in [0, 0.05) is 76.0 Å². The molecule has 0 N–H and O–H groups in total. The molecule has 0 bridgehead atoms. The van der Waals surface area contributed by atoms with Crippen LogP contribution in [0.15, 0.2) is 227 Å². The molecule has 0 radical (unpaired) electrons. The number of aryl methyl sites for hydroxylation is 2. The van der Waals surface area contributed by atoms with Gasteiger partial charge in [0.2, 0.25) is 0 Å². The van der Waals surface area contributed by atoms with Gasteiger partial charge in [-0.15, -0.1) is 0 Å². The van der Waals surface area contributed by atoms with Crippen molar-refractivity contribution in [3.05, 3.63) is 230 Å². The molecule has 0 fully saturated rings. The molecule has 6 nitrogen and oxygen atoms in total. The lowest BCUT2D eigenvalue weighted by Gasteiger charge is -2.27. The minimum absolute atomic E-state index is 0.869. The molecule has 11 aromatic carbocycles. The van der Waals surface area contributed by atoms with Crippen LogP contribution in [0.3, 0.4) is 0 Å². The van der Waals surface area contributed by atoms with E-state index in [0.29, 0.717) is 0 Å². The Morgan fingerprint density at radius 3 is 1.15 bits per heavy atom. The van der Waals surface area contributed by atoms with E-state index in [1.807, 2.05) is 12.1 Å². The van der Waals surface area contributed by atoms with E-state index in [0.717, 1.165) is 78.0 Å². The first-order valence-corrected chi connectivity index (χ1v) is 25.4. The van der Waals surface area contributed by atoms with E-state index in [4.69, 9.17) is 8.83 Å². The molecule has 0 aliphatic rings. The average molecular weight is 947 g/mol. The van der Waals surface area contributed by atoms with Crippen LogP contribution in [0.2, 0.25) is 0 Å². The fourth-order valence-corrected chi connectivity index (χ4v) is 13.0. The van der Waals surface area contributed by atoms with Crippen LogP contribution < -0.4 is 9.80 Å². The van der Waals surface area contributed by atoms with E-state index in [-0.39, 0.29) is 0 Å². The van der Waals surface area contributed by atoms with Crippen LogP contribution in [0.1, 0.15) is 11.1 Å². The molecule has 0 atom stereocenters. The Morgan fingerprint density at radius 2 is 0.676 bits per heavy atom. The van der Waals surface area contributed by atoms with Gasteiger partial charge in [-0.2, -0.15) is 0 Å². The Labute approximate surface area is 423 Å². The monoisotopic (exact) mass is 946 g/mol. The molecular formula is C68H42N4O2. The third kappa shape index (κ3) is 5.18. The lowest BCUT2D eigenvalue weighted by molar-refractivity contribution is 0.669. The van der Waals surface area contributed by atoms with Gasteiger partial charge >= 0.3 is 0 Å². The minimum Gasteiger partial charge on any atom is -0.454 e. The first-order chi connectivity index (χ1) is 36.6. The van der Waals surface area contributed by atoms with Crippen molar-refractivity contribution < 1.29 is 8.83 Å². The average Bonchev–Trinajstić information content (AvgIpc) is 4.28. The van der Waals surface area contributed by atoms with Crippen LogP contribution in [0, 0.1) is 13.8 Å². The van der Waals surface area contributed by atoms with Crippen molar-refractivity contribution in [1.82, 2.24) is 8.80 Å². The lowest BCUT2D eigenvalue weighted by Crippen LogP contribution is -2.11. The molecule has 0 spiro atoms. The van der Waals surface area contributed by atoms with E-state index < -0.39 is 0 Å². The Morgan fingerprint density at radius 1 is 0.297 bits per heavy atom. The number of para-hydroxylation sites is 6. The molecular weight excluding hydrogens is 905 g/mol. The molecule has 0 aliphatic heterocycles. The summed E-state index contributed by atoms with van der Waals surface area (Å²) < 4.78 is 18.6. The molecule has 17 rings (SSSR count). The molecule has 0 saturated carbocycles. The second-order valence-electron chi connectivity index (χ2n) is 20.2. The fraction of sp³-hybridized carbons (Fsp3) is 0.0294. The number of benzene rings is 11. The van der Waals surface area contributed by atoms with Gasteiger partial charge in [0.15, 0.2) is 11.2 Å². The molecule has 0 saturated heterocycles. The summed E-state index contributed by atoms with van der Waals surface area (Å²) in [5.41, 5.74) is 19.4. The Bertz CT molecular complexity index is 4880. The van der Waals surface area contributed by atoms with Gasteiger partial charge in [0.05, 0.1) is 55.8 Å². The zero-order valence-electron chi connectivity index (χ0n) is 40.4. The predicted octanol–water partition coefficient (Wildman–Crippen LogP) is 19.3. The van der Waals surface area contributed by atoms with Gasteiger partial charge in [-0.3, -0.25) is 0 Å². The molecule has 0 amide bonds. The van der Waals surface area contributed by atoms with Crippen LogP contribution in [0.4, 0.5) is 34.1 Å². The van der Waals surface area contributed by atoms with Gasteiger partial charge in [0.25, 0.3) is 0 Å². The number of rotatable bonds is 6. The van der Waals surface area contributed by atoms with Crippen molar-refractivity contribution >= 4 is 154 Å². The number of hydrogen-bond donors (Lipinski definition) is 0. The summed E-state index contributed by atoms with van der Waals surface area (Å²) in [7, 11) is 0. The summed E-state index contributed by atoms with van der Waals surface area (Å²) in [6.45, 7) is 4.33. The number of fused-ring (bicyclic) bond motifs is 18. The minimum atomic E-state index is 0.869. The first-order valence-electron chi connectivity index (χ1n) is 25.4. The van der Waals surface area contributed by atoms with E-state index >= 15 is 0 Å². The van der Waals surface area contributed by atoms with Crippen LogP contribution in [0.25, 0.3) is 120 Å². The largest absolute Gasteiger partial charge is 0.454 e. The second kappa shape index (κ2) is 14.4. The van der Waals surface area contributed by atoms with Gasteiger partial charge in [-0.05, 0) is 110 Å². The number of furan rings is 2. The summed E-state index contributed by atoms with van der Waals surface area (Å²) in [4.78, 5) is 4.82. The molecule has 6 aromatic heterocycles. The topological polar surface area (TPSA) is 41.6 Å². The van der Waals surface area contributed by atoms with Crippen molar-refractivity contribution in [2.24, 2.45) is 0 Å². The van der Waals surface area contributed by atoms with Gasteiger partial charge in [-0.25, -0.2) is 0 Å². The van der Waals surface area contributed by atoms with Crippen LogP contribution in [0.5, 0.6) is 0 Å². The van der Waals surface area contributed by atoms with Crippen LogP contribution >= 0.6 is 0 Å². The number of nitrogens with zero attached hydrogens (tertiary/aromatic N) is 4. The molecule has 0 aliphatic carbocycles. The summed E-state index contributed by atoms with van der Waals surface area (Å²) in [6.07, 6.45) is 0. The van der Waals surface area contributed by atoms with Crippen LogP contribution in [-0.2, 0) is 0 Å². The highest BCUT2D eigenvalue weighted by Gasteiger charge is 2.29. The third-order valence-electron chi connectivity index (χ3n) is 16.0. The number of anilines is 6. The molecule has 74 heavy (non-hydrogen) atoms. The maximum absolute atomic E-state index is 6.77. The van der Waals surface area contributed by atoms with Crippen molar-refractivity contribution in [2.75, 3.05) is 9.80 Å². The smallest absolute Gasteiger partial charge is 0.159 e. The SMILES string of the molecule is Cc1cccc(N(c2cccc3c2oc2ccccc23)c2cccc3c2c2cccc4c5cc6c(cc5n3c42)c2cccc3c4c(N(c5cccc(C)c5)c5cccc7c5oc5ccccc57)cccc4n6c23)c1. The molecule has 17 aromatic rings. The Kier molecular flexibility index (Phi) is 7.78. The molecule has 0 unspecified atom stereocenters. The molecule has 346 valence electrons. The summed E-state index contributed by atoms with van der Waals surface area (Å²) in [6, 6.07) is 79.6. The van der Waals surface area contributed by atoms with Gasteiger partial charge < -0.3 is 27.4 Å². The summed E-state index contributed by atoms with van der Waals surface area (Å²) >= 11 is 0. The highest BCUT2D eigenvalue weighted by atomic mass is 16.3. The standard InChI is InChI=1S/C68H42N4O2/c1-39-15-7-17-41(35-39)69(57-31-11-23-47-43-19-3-5-33-61(43)73-67(47)57)53-27-13-29-55-63(53)49-25-9-21-45-51-38-60-52(37-59(51)71(55)65(45)49)46-22-10-26-50-64-54(28-14-30-56(64)72(60)66(46)50)70(42-18-8-16-40(2)36-42)58-32-12-24-48-44-20-4-6-34-62(44)74-68(48)58/h3-38H,1-2H3. The van der Waals surface area contributed by atoms with E-state index in [1.54, 1.807) is 0 Å².